The van der Waals surface area contributed by atoms with E-state index in [-0.39, 0.29) is 71.9 Å². The van der Waals surface area contributed by atoms with E-state index in [1.807, 2.05) is 32.1 Å². The van der Waals surface area contributed by atoms with Crippen molar-refractivity contribution in [2.75, 3.05) is 5.32 Å². The smallest absolute Gasteiger partial charge is 0.343 e. The molecule has 332 valence electrons. The molecule has 2 aromatic heterocycles. The monoisotopic (exact) mass is 865 g/mol. The van der Waals surface area contributed by atoms with Gasteiger partial charge in [0.2, 0.25) is 5.91 Å². The standard InChI is InChI=1S/C52H55N3O9/c1-8-37-38-27-36(20-22-43(38)54-48-39(37)29-55-44(48)28-42-40(49(55)59)30-62-50(60)52(42,61)9-2)64-47(58)24-23-46(57)63-35-18-16-34(17-19-35)53-45(56)26-32(4)13-10-12-31(3)15-21-41-33(5)14-11-25-51(41,6)7/h10,12-13,15-22,26-28,61H,8-9,11,14,23-25,29-30H2,1-7H3,(H,53,56)/t52-/m0/s1. The van der Waals surface area contributed by atoms with Crippen LogP contribution in [0.3, 0.4) is 0 Å². The number of nitrogens with zero attached hydrogens (tertiary/aromatic N) is 2. The Hall–Kier alpha value is -6.66. The maximum atomic E-state index is 13.7. The van der Waals surface area contributed by atoms with Gasteiger partial charge in [0.1, 0.15) is 18.1 Å². The topological polar surface area (TPSA) is 163 Å². The fourth-order valence-corrected chi connectivity index (χ4v) is 8.85. The molecule has 0 unspecified atom stereocenters. The highest BCUT2D eigenvalue weighted by Crippen LogP contribution is 2.42. The Morgan fingerprint density at radius 3 is 2.33 bits per heavy atom. The first-order valence-corrected chi connectivity index (χ1v) is 21.9. The third kappa shape index (κ3) is 9.47. The molecule has 2 aromatic carbocycles. The maximum absolute atomic E-state index is 13.7. The fourth-order valence-electron chi connectivity index (χ4n) is 8.85. The number of aryl methyl sites for hydroxylation is 1. The lowest BCUT2D eigenvalue weighted by molar-refractivity contribution is -0.172. The number of ether oxygens (including phenoxy) is 3. The van der Waals surface area contributed by atoms with Crippen molar-refractivity contribution in [1.29, 1.82) is 0 Å². The lowest BCUT2D eigenvalue weighted by Gasteiger charge is -2.32. The number of esters is 3. The van der Waals surface area contributed by atoms with Gasteiger partial charge in [-0.3, -0.25) is 19.2 Å². The normalized spacial score (nSPS) is 18.2. The number of aromatic nitrogens is 2. The van der Waals surface area contributed by atoms with Gasteiger partial charge in [0.25, 0.3) is 5.56 Å². The Bertz CT molecular complexity index is 2780. The maximum Gasteiger partial charge on any atom is 0.343 e. The first-order chi connectivity index (χ1) is 30.5. The van der Waals surface area contributed by atoms with Crippen LogP contribution < -0.4 is 20.3 Å². The van der Waals surface area contributed by atoms with Gasteiger partial charge in [-0.2, -0.15) is 0 Å². The molecule has 2 aliphatic heterocycles. The van der Waals surface area contributed by atoms with Crippen LogP contribution in [0.25, 0.3) is 22.3 Å². The second-order valence-electron chi connectivity index (χ2n) is 17.4. The van der Waals surface area contributed by atoms with Crippen LogP contribution in [-0.2, 0) is 49.1 Å². The minimum atomic E-state index is -1.92. The number of cyclic esters (lactones) is 1. The van der Waals surface area contributed by atoms with Gasteiger partial charge in [-0.25, -0.2) is 9.78 Å². The molecule has 2 N–H and O–H groups in total. The number of pyridine rings is 2. The summed E-state index contributed by atoms with van der Waals surface area (Å²) in [6, 6.07) is 13.1. The minimum absolute atomic E-state index is 0.0468. The SMILES string of the molecule is CCc1c2c(nc3ccc(OC(=O)CCC(=O)Oc4ccc(NC(=O)C=C(C)C=CC=C(C)C=CC5=C(C)CCCC5(C)C)cc4)cc13)-c1cc3c(c(=O)n1C2)COC(=O)[C@]3(O)CC. The summed E-state index contributed by atoms with van der Waals surface area (Å²) >= 11 is 0. The molecule has 0 bridgehead atoms. The molecule has 4 heterocycles. The molecule has 7 rings (SSSR count). The molecule has 1 aliphatic carbocycles. The zero-order valence-electron chi connectivity index (χ0n) is 37.6. The number of fused-ring (bicyclic) bond motifs is 5. The van der Waals surface area contributed by atoms with Crippen LogP contribution in [-0.4, -0.2) is 38.5 Å². The summed E-state index contributed by atoms with van der Waals surface area (Å²) in [5.74, 6) is -1.80. The number of carbonyl (C=O) groups excluding carboxylic acids is 4. The molecule has 0 spiro atoms. The number of hydrogen-bond acceptors (Lipinski definition) is 10. The molecular formula is C52H55N3O9. The Morgan fingerprint density at radius 2 is 1.64 bits per heavy atom. The largest absolute Gasteiger partial charge is 0.458 e. The molecule has 0 radical (unpaired) electrons. The predicted molar refractivity (Wildman–Crippen MR) is 246 cm³/mol. The summed E-state index contributed by atoms with van der Waals surface area (Å²) in [5.41, 5.74) is 7.16. The Labute approximate surface area is 373 Å². The lowest BCUT2D eigenvalue weighted by Crippen LogP contribution is -2.44. The molecule has 3 aliphatic rings. The van der Waals surface area contributed by atoms with E-state index < -0.39 is 23.5 Å². The lowest BCUT2D eigenvalue weighted by atomic mass is 9.72. The van der Waals surface area contributed by atoms with Crippen LogP contribution in [0.2, 0.25) is 0 Å². The summed E-state index contributed by atoms with van der Waals surface area (Å²) in [6.45, 7) is 14.4. The first kappa shape index (κ1) is 45.4. The van der Waals surface area contributed by atoms with Gasteiger partial charge in [-0.15, -0.1) is 0 Å². The van der Waals surface area contributed by atoms with Crippen molar-refractivity contribution in [2.45, 2.75) is 112 Å². The average molecular weight is 866 g/mol. The van der Waals surface area contributed by atoms with Gasteiger partial charge in [-0.05, 0) is 124 Å². The minimum Gasteiger partial charge on any atom is -0.458 e. The van der Waals surface area contributed by atoms with Crippen LogP contribution in [0.4, 0.5) is 5.69 Å². The molecule has 1 atom stereocenters. The van der Waals surface area contributed by atoms with E-state index in [4.69, 9.17) is 19.2 Å². The Balaban J connectivity index is 0.910. The van der Waals surface area contributed by atoms with Gasteiger partial charge in [0.05, 0.1) is 41.9 Å². The van der Waals surface area contributed by atoms with Gasteiger partial charge in [0, 0.05) is 28.3 Å². The summed E-state index contributed by atoms with van der Waals surface area (Å²) < 4.78 is 17.8. The molecule has 1 amide bonds. The third-order valence-corrected chi connectivity index (χ3v) is 12.4. The van der Waals surface area contributed by atoms with Crippen molar-refractivity contribution in [3.63, 3.8) is 0 Å². The number of anilines is 1. The molecular weight excluding hydrogens is 811 g/mol. The number of carbonyl (C=O) groups is 4. The van der Waals surface area contributed by atoms with Crippen LogP contribution in [0.15, 0.2) is 112 Å². The molecule has 4 aromatic rings. The summed E-state index contributed by atoms with van der Waals surface area (Å²) in [5, 5.41) is 14.8. The fraction of sp³-hybridized carbons (Fsp3) is 0.346. The van der Waals surface area contributed by atoms with E-state index in [1.54, 1.807) is 60.0 Å². The van der Waals surface area contributed by atoms with Crippen molar-refractivity contribution >= 4 is 40.4 Å². The van der Waals surface area contributed by atoms with E-state index in [1.165, 1.54) is 30.1 Å². The van der Waals surface area contributed by atoms with Gasteiger partial charge >= 0.3 is 17.9 Å². The number of aliphatic hydroxyl groups is 1. The van der Waals surface area contributed by atoms with Gasteiger partial charge < -0.3 is 29.2 Å². The highest BCUT2D eigenvalue weighted by Gasteiger charge is 2.45. The predicted octanol–water partition coefficient (Wildman–Crippen LogP) is 9.40. The molecule has 12 nitrogen and oxygen atoms in total. The zero-order valence-corrected chi connectivity index (χ0v) is 37.6. The second-order valence-corrected chi connectivity index (χ2v) is 17.4. The number of allylic oxidation sites excluding steroid dienone is 9. The van der Waals surface area contributed by atoms with Crippen LogP contribution in [0.5, 0.6) is 11.5 Å². The van der Waals surface area contributed by atoms with Crippen molar-refractivity contribution in [3.05, 3.63) is 140 Å². The first-order valence-electron chi connectivity index (χ1n) is 21.9. The second kappa shape index (κ2) is 18.6. The number of amides is 1. The van der Waals surface area contributed by atoms with Crippen LogP contribution in [0.1, 0.15) is 109 Å². The van der Waals surface area contributed by atoms with Crippen molar-refractivity contribution in [2.24, 2.45) is 5.41 Å². The average Bonchev–Trinajstić information content (AvgIpc) is 3.62. The summed E-state index contributed by atoms with van der Waals surface area (Å²) in [4.78, 5) is 69.4. The number of benzene rings is 2. The molecule has 0 saturated heterocycles. The van der Waals surface area contributed by atoms with E-state index in [2.05, 4.69) is 45.2 Å². The van der Waals surface area contributed by atoms with E-state index >= 15 is 0 Å². The zero-order chi connectivity index (χ0) is 45.9. The molecule has 0 fully saturated rings. The summed E-state index contributed by atoms with van der Waals surface area (Å²) in [6.07, 6.45) is 15.5. The number of nitrogens with one attached hydrogen (secondary N) is 1. The van der Waals surface area contributed by atoms with Crippen molar-refractivity contribution < 1.29 is 38.5 Å². The quantitative estimate of drug-likeness (QED) is 0.0505. The van der Waals surface area contributed by atoms with E-state index in [0.717, 1.165) is 34.1 Å². The molecule has 64 heavy (non-hydrogen) atoms. The van der Waals surface area contributed by atoms with E-state index in [9.17, 15) is 29.1 Å². The summed E-state index contributed by atoms with van der Waals surface area (Å²) in [7, 11) is 0. The van der Waals surface area contributed by atoms with Crippen LogP contribution >= 0.6 is 0 Å². The van der Waals surface area contributed by atoms with Crippen LogP contribution in [0, 0.1) is 5.41 Å². The highest BCUT2D eigenvalue weighted by molar-refractivity contribution is 6.00. The van der Waals surface area contributed by atoms with Gasteiger partial charge in [0.15, 0.2) is 5.60 Å². The number of hydrogen-bond donors (Lipinski definition) is 2. The Morgan fingerprint density at radius 1 is 0.938 bits per heavy atom. The number of rotatable bonds is 13. The third-order valence-electron chi connectivity index (χ3n) is 12.4. The molecule has 12 heteroatoms. The van der Waals surface area contributed by atoms with Crippen molar-refractivity contribution in [3.8, 4) is 22.9 Å². The molecule has 0 saturated carbocycles. The Kier molecular flexibility index (Phi) is 13.2. The van der Waals surface area contributed by atoms with Crippen molar-refractivity contribution in [1.82, 2.24) is 9.55 Å². The highest BCUT2D eigenvalue weighted by atomic mass is 16.6. The van der Waals surface area contributed by atoms with E-state index in [0.29, 0.717) is 29.0 Å². The van der Waals surface area contributed by atoms with Gasteiger partial charge in [-0.1, -0.05) is 69.2 Å².